The zero-order chi connectivity index (χ0) is 25.2. The maximum Gasteiger partial charge on any atom is 0.293 e. The van der Waals surface area contributed by atoms with Gasteiger partial charge in [0.2, 0.25) is 5.91 Å². The van der Waals surface area contributed by atoms with Gasteiger partial charge in [0, 0.05) is 32.9 Å². The van der Waals surface area contributed by atoms with Crippen LogP contribution < -0.4 is 15.1 Å². The Hall–Kier alpha value is -3.86. The van der Waals surface area contributed by atoms with Gasteiger partial charge in [0.15, 0.2) is 0 Å². The van der Waals surface area contributed by atoms with Crippen molar-refractivity contribution in [1.82, 2.24) is 25.5 Å². The summed E-state index contributed by atoms with van der Waals surface area (Å²) in [6.45, 7) is 1.65. The summed E-state index contributed by atoms with van der Waals surface area (Å²) in [6, 6.07) is 12.0. The number of carbonyl (C=O) groups excluding carboxylic acids is 2. The Morgan fingerprint density at radius 3 is 2.75 bits per heavy atom. The SMILES string of the molecule is CO[C@H]1CCN(c2cc3c(cc2F)CC[C@@H](NC(=O)c2nnn(Cc4ccccc4)n2)C(=O)N3C)C1. The van der Waals surface area contributed by atoms with E-state index in [1.807, 2.05) is 35.2 Å². The van der Waals surface area contributed by atoms with Crippen molar-refractivity contribution in [3.05, 3.63) is 65.2 Å². The van der Waals surface area contributed by atoms with Crippen LogP contribution in [-0.4, -0.2) is 71.4 Å². The zero-order valence-electron chi connectivity index (χ0n) is 20.2. The molecule has 10 nitrogen and oxygen atoms in total. The molecule has 3 aromatic rings. The van der Waals surface area contributed by atoms with E-state index in [4.69, 9.17) is 4.74 Å². The van der Waals surface area contributed by atoms with E-state index in [-0.39, 0.29) is 23.7 Å². The molecule has 1 saturated heterocycles. The first-order chi connectivity index (χ1) is 17.4. The number of carbonyl (C=O) groups is 2. The molecule has 1 aromatic heterocycles. The van der Waals surface area contributed by atoms with E-state index in [0.29, 0.717) is 43.9 Å². The summed E-state index contributed by atoms with van der Waals surface area (Å²) >= 11 is 0. The molecule has 5 rings (SSSR count). The fourth-order valence-corrected chi connectivity index (χ4v) is 4.77. The number of amides is 2. The van der Waals surface area contributed by atoms with Gasteiger partial charge in [0.05, 0.1) is 18.3 Å². The number of fused-ring (bicyclic) bond motifs is 1. The third kappa shape index (κ3) is 4.78. The minimum atomic E-state index is -0.799. The average molecular weight is 494 g/mol. The zero-order valence-corrected chi connectivity index (χ0v) is 20.2. The Labute approximate surface area is 208 Å². The van der Waals surface area contributed by atoms with E-state index in [1.54, 1.807) is 20.2 Å². The van der Waals surface area contributed by atoms with Crippen LogP contribution in [0.1, 0.15) is 34.6 Å². The molecule has 0 radical (unpaired) electrons. The molecule has 0 aliphatic carbocycles. The largest absolute Gasteiger partial charge is 0.380 e. The molecule has 0 saturated carbocycles. The first-order valence-corrected chi connectivity index (χ1v) is 11.9. The highest BCUT2D eigenvalue weighted by Crippen LogP contribution is 2.34. The van der Waals surface area contributed by atoms with Crippen molar-refractivity contribution < 1.29 is 18.7 Å². The minimum Gasteiger partial charge on any atom is -0.380 e. The third-order valence-electron chi connectivity index (χ3n) is 6.79. The molecule has 2 aromatic carbocycles. The van der Waals surface area contributed by atoms with Crippen LogP contribution in [-0.2, 0) is 22.5 Å². The summed E-state index contributed by atoms with van der Waals surface area (Å²) in [5.74, 6) is -1.31. The lowest BCUT2D eigenvalue weighted by atomic mass is 10.0. The van der Waals surface area contributed by atoms with Crippen molar-refractivity contribution in [3.8, 4) is 0 Å². The standard InChI is InChI=1S/C25H28FN7O3/c1-31-21-13-22(32-11-10-18(15-32)36-2)19(26)12-17(21)8-9-20(25(31)35)27-24(34)23-28-30-33(29-23)14-16-6-4-3-5-7-16/h3-7,12-13,18,20H,8-11,14-15H2,1-2H3,(H,27,34)/t18-,20+/m0/s1. The number of methoxy groups -OCH3 is 1. The first-order valence-electron chi connectivity index (χ1n) is 11.9. The number of rotatable bonds is 6. The Kier molecular flexibility index (Phi) is 6.64. The normalized spacial score (nSPS) is 19.8. The van der Waals surface area contributed by atoms with Crippen LogP contribution in [0, 0.1) is 5.82 Å². The fraction of sp³-hybridized carbons (Fsp3) is 0.400. The number of halogens is 1. The molecule has 2 atom stereocenters. The van der Waals surface area contributed by atoms with Crippen molar-refractivity contribution in [2.45, 2.75) is 38.0 Å². The molecule has 3 heterocycles. The second kappa shape index (κ2) is 10.0. The quantitative estimate of drug-likeness (QED) is 0.558. The second-order valence-corrected chi connectivity index (χ2v) is 9.12. The van der Waals surface area contributed by atoms with Gasteiger partial charge in [-0.05, 0) is 47.7 Å². The average Bonchev–Trinajstić information content (AvgIpc) is 3.54. The van der Waals surface area contributed by atoms with Crippen molar-refractivity contribution in [2.75, 3.05) is 37.0 Å². The lowest BCUT2D eigenvalue weighted by Crippen LogP contribution is -2.47. The third-order valence-corrected chi connectivity index (χ3v) is 6.79. The fourth-order valence-electron chi connectivity index (χ4n) is 4.77. The van der Waals surface area contributed by atoms with Crippen LogP contribution in [0.25, 0.3) is 0 Å². The molecule has 36 heavy (non-hydrogen) atoms. The van der Waals surface area contributed by atoms with Crippen LogP contribution in [0.3, 0.4) is 0 Å². The topological polar surface area (TPSA) is 105 Å². The maximum atomic E-state index is 15.0. The molecule has 0 spiro atoms. The highest BCUT2D eigenvalue weighted by atomic mass is 19.1. The number of hydrogen-bond acceptors (Lipinski definition) is 7. The lowest BCUT2D eigenvalue weighted by molar-refractivity contribution is -0.120. The van der Waals surface area contributed by atoms with E-state index < -0.39 is 11.9 Å². The number of nitrogens with zero attached hydrogens (tertiary/aromatic N) is 6. The number of aromatic nitrogens is 4. The molecule has 1 fully saturated rings. The number of hydrogen-bond donors (Lipinski definition) is 1. The number of likely N-dealkylation sites (N-methyl/N-ethyl adjacent to an activating group) is 1. The number of benzene rings is 2. The maximum absolute atomic E-state index is 15.0. The highest BCUT2D eigenvalue weighted by Gasteiger charge is 2.32. The molecule has 2 aliphatic rings. The van der Waals surface area contributed by atoms with Crippen LogP contribution in [0.4, 0.5) is 15.8 Å². The highest BCUT2D eigenvalue weighted by molar-refractivity contribution is 6.02. The van der Waals surface area contributed by atoms with Gasteiger partial charge >= 0.3 is 0 Å². The summed E-state index contributed by atoms with van der Waals surface area (Å²) in [4.78, 5) is 30.8. The second-order valence-electron chi connectivity index (χ2n) is 9.12. The van der Waals surface area contributed by atoms with E-state index >= 15 is 4.39 Å². The number of ether oxygens (including phenoxy) is 1. The summed E-state index contributed by atoms with van der Waals surface area (Å²) in [7, 11) is 3.30. The van der Waals surface area contributed by atoms with E-state index in [2.05, 4.69) is 20.7 Å². The lowest BCUT2D eigenvalue weighted by Gasteiger charge is -2.25. The number of tetrazole rings is 1. The van der Waals surface area contributed by atoms with Crippen molar-refractivity contribution in [1.29, 1.82) is 0 Å². The summed E-state index contributed by atoms with van der Waals surface area (Å²) in [6.07, 6.45) is 1.64. The Balaban J connectivity index is 1.29. The molecule has 1 N–H and O–H groups in total. The van der Waals surface area contributed by atoms with E-state index in [9.17, 15) is 9.59 Å². The molecule has 2 aliphatic heterocycles. The summed E-state index contributed by atoms with van der Waals surface area (Å²) in [5, 5.41) is 14.7. The smallest absolute Gasteiger partial charge is 0.293 e. The van der Waals surface area contributed by atoms with Crippen molar-refractivity contribution in [3.63, 3.8) is 0 Å². The molecule has 2 amide bonds. The van der Waals surface area contributed by atoms with Crippen molar-refractivity contribution in [2.24, 2.45) is 0 Å². The van der Waals surface area contributed by atoms with Gasteiger partial charge in [0.1, 0.15) is 11.9 Å². The molecular weight excluding hydrogens is 465 g/mol. The number of aryl methyl sites for hydroxylation is 1. The van der Waals surface area contributed by atoms with Gasteiger partial charge in [0.25, 0.3) is 11.7 Å². The van der Waals surface area contributed by atoms with Crippen molar-refractivity contribution >= 4 is 23.2 Å². The molecule has 0 bridgehead atoms. The molecular formula is C25H28FN7O3. The minimum absolute atomic E-state index is 0.0569. The van der Waals surface area contributed by atoms with Gasteiger partial charge in [-0.15, -0.1) is 10.2 Å². The van der Waals surface area contributed by atoms with Crippen LogP contribution in [0.15, 0.2) is 42.5 Å². The number of anilines is 2. The Morgan fingerprint density at radius 1 is 1.19 bits per heavy atom. The van der Waals surface area contributed by atoms with Gasteiger partial charge in [-0.1, -0.05) is 30.3 Å². The van der Waals surface area contributed by atoms with Gasteiger partial charge in [-0.2, -0.15) is 4.80 Å². The predicted octanol–water partition coefficient (Wildman–Crippen LogP) is 1.79. The molecule has 11 heteroatoms. The predicted molar refractivity (Wildman–Crippen MR) is 130 cm³/mol. The van der Waals surface area contributed by atoms with Crippen LogP contribution >= 0.6 is 0 Å². The summed E-state index contributed by atoms with van der Waals surface area (Å²) in [5.41, 5.74) is 2.78. The first kappa shape index (κ1) is 23.9. The molecule has 0 unspecified atom stereocenters. The van der Waals surface area contributed by atoms with Gasteiger partial charge in [-0.25, -0.2) is 4.39 Å². The van der Waals surface area contributed by atoms with Crippen LogP contribution in [0.5, 0.6) is 0 Å². The Morgan fingerprint density at radius 2 is 2.00 bits per heavy atom. The monoisotopic (exact) mass is 493 g/mol. The molecule has 188 valence electrons. The van der Waals surface area contributed by atoms with Gasteiger partial charge in [-0.3, -0.25) is 9.59 Å². The Bertz CT molecular complexity index is 1270. The summed E-state index contributed by atoms with van der Waals surface area (Å²) < 4.78 is 20.4. The van der Waals surface area contributed by atoms with E-state index in [1.165, 1.54) is 15.8 Å². The van der Waals surface area contributed by atoms with Gasteiger partial charge < -0.3 is 19.9 Å². The van der Waals surface area contributed by atoms with Crippen LogP contribution in [0.2, 0.25) is 0 Å². The number of nitrogens with one attached hydrogen (secondary N) is 1. The van der Waals surface area contributed by atoms with E-state index in [0.717, 1.165) is 17.5 Å².